The van der Waals surface area contributed by atoms with Gasteiger partial charge in [0.05, 0.1) is 0 Å². The van der Waals surface area contributed by atoms with Crippen molar-refractivity contribution in [3.63, 3.8) is 0 Å². The van der Waals surface area contributed by atoms with Gasteiger partial charge in [-0.05, 0) is 26.0 Å². The first-order valence-corrected chi connectivity index (χ1v) is 7.45. The Kier molecular flexibility index (Phi) is 3.87. The summed E-state index contributed by atoms with van der Waals surface area (Å²) < 4.78 is 0. The van der Waals surface area contributed by atoms with Crippen LogP contribution in [0.3, 0.4) is 0 Å². The van der Waals surface area contributed by atoms with Gasteiger partial charge < -0.3 is 5.32 Å². The van der Waals surface area contributed by atoms with Gasteiger partial charge in [0.1, 0.15) is 0 Å². The maximum Gasteiger partial charge on any atom is 0.0380 e. The number of likely N-dealkylation sites (N-methyl/N-ethyl adjacent to an activating group) is 1. The van der Waals surface area contributed by atoms with Crippen molar-refractivity contribution < 1.29 is 0 Å². The molecule has 3 aliphatic heterocycles. The topological polar surface area (TPSA) is 18.5 Å². The summed E-state index contributed by atoms with van der Waals surface area (Å²) in [5.41, 5.74) is 2.79. The predicted molar refractivity (Wildman–Crippen MR) is 79.5 cm³/mol. The minimum atomic E-state index is 0.561. The molecule has 0 spiro atoms. The van der Waals surface area contributed by atoms with Crippen LogP contribution in [-0.4, -0.2) is 61.7 Å². The molecule has 0 radical (unpaired) electrons. The van der Waals surface area contributed by atoms with Gasteiger partial charge in [0.15, 0.2) is 0 Å². The molecule has 0 aliphatic carbocycles. The van der Waals surface area contributed by atoms with Gasteiger partial charge in [-0.15, -0.1) is 0 Å². The van der Waals surface area contributed by atoms with Crippen molar-refractivity contribution in [2.24, 2.45) is 0 Å². The lowest BCUT2D eigenvalue weighted by atomic mass is 9.94. The molecule has 3 fully saturated rings. The van der Waals surface area contributed by atoms with E-state index in [1.165, 1.54) is 43.9 Å². The van der Waals surface area contributed by atoms with Crippen LogP contribution in [-0.2, 0) is 6.42 Å². The standard InChI is InChI=1S/C16H25N3/c1-13-3-5-14(6-4-13)11-15(17-2)16-12-18-7-9-19(16)10-8-18/h3-6,15-17H,7-12H2,1-2H3. The Morgan fingerprint density at radius 3 is 2.37 bits per heavy atom. The fraction of sp³-hybridized carbons (Fsp3) is 0.625. The molecule has 104 valence electrons. The van der Waals surface area contributed by atoms with E-state index in [2.05, 4.69) is 53.4 Å². The minimum absolute atomic E-state index is 0.561. The van der Waals surface area contributed by atoms with Gasteiger partial charge in [-0.2, -0.15) is 0 Å². The number of benzene rings is 1. The van der Waals surface area contributed by atoms with Gasteiger partial charge in [0.25, 0.3) is 0 Å². The summed E-state index contributed by atoms with van der Waals surface area (Å²) in [6.07, 6.45) is 1.13. The Morgan fingerprint density at radius 1 is 1.16 bits per heavy atom. The Labute approximate surface area is 116 Å². The zero-order valence-corrected chi connectivity index (χ0v) is 12.1. The number of nitrogens with zero attached hydrogens (tertiary/aromatic N) is 2. The monoisotopic (exact) mass is 259 g/mol. The fourth-order valence-corrected chi connectivity index (χ4v) is 3.45. The summed E-state index contributed by atoms with van der Waals surface area (Å²) in [7, 11) is 2.11. The smallest absolute Gasteiger partial charge is 0.0380 e. The van der Waals surface area contributed by atoms with Gasteiger partial charge in [-0.3, -0.25) is 9.80 Å². The van der Waals surface area contributed by atoms with Crippen LogP contribution in [0.1, 0.15) is 11.1 Å². The van der Waals surface area contributed by atoms with E-state index in [4.69, 9.17) is 0 Å². The Hall–Kier alpha value is -0.900. The highest BCUT2D eigenvalue weighted by molar-refractivity contribution is 5.22. The minimum Gasteiger partial charge on any atom is -0.315 e. The van der Waals surface area contributed by atoms with Gasteiger partial charge in [0, 0.05) is 44.8 Å². The summed E-state index contributed by atoms with van der Waals surface area (Å²) >= 11 is 0. The zero-order valence-electron chi connectivity index (χ0n) is 12.1. The molecule has 0 aromatic heterocycles. The number of nitrogens with one attached hydrogen (secondary N) is 1. The molecular formula is C16H25N3. The number of hydrogen-bond donors (Lipinski definition) is 1. The van der Waals surface area contributed by atoms with Crippen LogP contribution in [0.2, 0.25) is 0 Å². The lowest BCUT2D eigenvalue weighted by Gasteiger charge is -2.50. The number of rotatable bonds is 4. The normalized spacial score (nSPS) is 31.4. The lowest BCUT2D eigenvalue weighted by molar-refractivity contribution is -0.00202. The van der Waals surface area contributed by atoms with E-state index in [9.17, 15) is 0 Å². The Balaban J connectivity index is 1.68. The van der Waals surface area contributed by atoms with Crippen molar-refractivity contribution in [3.8, 4) is 0 Å². The number of hydrogen-bond acceptors (Lipinski definition) is 3. The Morgan fingerprint density at radius 2 is 1.84 bits per heavy atom. The second kappa shape index (κ2) is 5.61. The van der Waals surface area contributed by atoms with Crippen LogP contribution in [0.4, 0.5) is 0 Å². The van der Waals surface area contributed by atoms with Crippen LogP contribution in [0, 0.1) is 6.92 Å². The lowest BCUT2D eigenvalue weighted by Crippen LogP contribution is -2.66. The van der Waals surface area contributed by atoms with Crippen LogP contribution in [0.15, 0.2) is 24.3 Å². The van der Waals surface area contributed by atoms with Crippen LogP contribution < -0.4 is 5.32 Å². The highest BCUT2D eigenvalue weighted by atomic mass is 15.4. The first kappa shape index (κ1) is 13.1. The second-order valence-electron chi connectivity index (χ2n) is 5.99. The quantitative estimate of drug-likeness (QED) is 0.874. The first-order chi connectivity index (χ1) is 9.26. The molecule has 3 nitrogen and oxygen atoms in total. The van der Waals surface area contributed by atoms with Crippen molar-refractivity contribution in [2.75, 3.05) is 39.8 Å². The summed E-state index contributed by atoms with van der Waals surface area (Å²) in [6, 6.07) is 10.2. The van der Waals surface area contributed by atoms with E-state index < -0.39 is 0 Å². The van der Waals surface area contributed by atoms with Gasteiger partial charge in [0.2, 0.25) is 0 Å². The molecule has 19 heavy (non-hydrogen) atoms. The molecule has 2 atom stereocenters. The largest absolute Gasteiger partial charge is 0.315 e. The van der Waals surface area contributed by atoms with Crippen molar-refractivity contribution in [1.82, 2.24) is 15.1 Å². The molecule has 2 bridgehead atoms. The molecular weight excluding hydrogens is 234 g/mol. The molecule has 3 heteroatoms. The van der Waals surface area contributed by atoms with E-state index in [-0.39, 0.29) is 0 Å². The second-order valence-corrected chi connectivity index (χ2v) is 5.99. The predicted octanol–water partition coefficient (Wildman–Crippen LogP) is 1.13. The SMILES string of the molecule is CNC(Cc1ccc(C)cc1)C1CN2CCN1CC2. The maximum absolute atomic E-state index is 3.55. The molecule has 0 saturated carbocycles. The highest BCUT2D eigenvalue weighted by Crippen LogP contribution is 2.20. The van der Waals surface area contributed by atoms with Gasteiger partial charge in [-0.1, -0.05) is 29.8 Å². The van der Waals surface area contributed by atoms with Crippen LogP contribution in [0.25, 0.3) is 0 Å². The highest BCUT2D eigenvalue weighted by Gasteiger charge is 2.35. The van der Waals surface area contributed by atoms with Gasteiger partial charge >= 0.3 is 0 Å². The molecule has 4 rings (SSSR count). The molecule has 2 unspecified atom stereocenters. The average Bonchev–Trinajstić information content (AvgIpc) is 2.48. The fourth-order valence-electron chi connectivity index (χ4n) is 3.45. The summed E-state index contributed by atoms with van der Waals surface area (Å²) in [5.74, 6) is 0. The molecule has 3 saturated heterocycles. The molecule has 1 N–H and O–H groups in total. The van der Waals surface area contributed by atoms with E-state index in [1.54, 1.807) is 0 Å². The van der Waals surface area contributed by atoms with Crippen molar-refractivity contribution >= 4 is 0 Å². The van der Waals surface area contributed by atoms with Crippen LogP contribution in [0.5, 0.6) is 0 Å². The van der Waals surface area contributed by atoms with Crippen LogP contribution >= 0.6 is 0 Å². The molecule has 3 aliphatic rings. The van der Waals surface area contributed by atoms with E-state index in [0.29, 0.717) is 12.1 Å². The number of fused-ring (bicyclic) bond motifs is 3. The summed E-state index contributed by atoms with van der Waals surface area (Å²) in [5, 5.41) is 3.55. The molecule has 0 amide bonds. The van der Waals surface area contributed by atoms with Crippen molar-refractivity contribution in [2.45, 2.75) is 25.4 Å². The molecule has 1 aromatic rings. The average molecular weight is 259 g/mol. The number of aryl methyl sites for hydroxylation is 1. The summed E-state index contributed by atoms with van der Waals surface area (Å²) in [4.78, 5) is 5.29. The first-order valence-electron chi connectivity index (χ1n) is 7.45. The third kappa shape index (κ3) is 2.83. The van der Waals surface area contributed by atoms with E-state index in [0.717, 1.165) is 6.42 Å². The van der Waals surface area contributed by atoms with E-state index >= 15 is 0 Å². The molecule has 3 heterocycles. The maximum atomic E-state index is 3.55. The third-order valence-corrected chi connectivity index (χ3v) is 4.73. The third-order valence-electron chi connectivity index (χ3n) is 4.73. The zero-order chi connectivity index (χ0) is 13.2. The molecule has 1 aromatic carbocycles. The van der Waals surface area contributed by atoms with Crippen molar-refractivity contribution in [1.29, 1.82) is 0 Å². The Bertz CT molecular complexity index is 407. The van der Waals surface area contributed by atoms with E-state index in [1.807, 2.05) is 0 Å². The number of piperazine rings is 3. The van der Waals surface area contributed by atoms with Gasteiger partial charge in [-0.25, -0.2) is 0 Å². The van der Waals surface area contributed by atoms with Crippen molar-refractivity contribution in [3.05, 3.63) is 35.4 Å². The summed E-state index contributed by atoms with van der Waals surface area (Å²) in [6.45, 7) is 8.40.